The van der Waals surface area contributed by atoms with Gasteiger partial charge in [0.15, 0.2) is 12.6 Å². The molecule has 51 heavy (non-hydrogen) atoms. The Morgan fingerprint density at radius 1 is 1.04 bits per heavy atom. The fourth-order valence-corrected chi connectivity index (χ4v) is 8.84. The van der Waals surface area contributed by atoms with E-state index in [-0.39, 0.29) is 41.5 Å². The zero-order chi connectivity index (χ0) is 35.5. The molecule has 0 unspecified atom stereocenters. The van der Waals surface area contributed by atoms with Crippen molar-refractivity contribution in [2.45, 2.75) is 82.5 Å². The number of halogens is 2. The molecule has 13 heteroatoms. The van der Waals surface area contributed by atoms with E-state index in [4.69, 9.17) is 45.5 Å². The Hall–Kier alpha value is -4.00. The molecule has 2 atom stereocenters. The molecule has 2 aromatic carbocycles. The molecule has 6 heterocycles. The molecule has 4 saturated heterocycles. The highest BCUT2D eigenvalue weighted by molar-refractivity contribution is 6.37. The van der Waals surface area contributed by atoms with Gasteiger partial charge in [-0.05, 0) is 108 Å². The van der Waals surface area contributed by atoms with E-state index in [1.807, 2.05) is 43.9 Å². The van der Waals surface area contributed by atoms with Gasteiger partial charge in [-0.1, -0.05) is 17.7 Å². The number of anilines is 1. The van der Waals surface area contributed by atoms with Crippen LogP contribution in [-0.4, -0.2) is 101 Å². The molecule has 1 amide bonds. The maximum atomic E-state index is 14.9. The van der Waals surface area contributed by atoms with E-state index >= 15 is 0 Å². The van der Waals surface area contributed by atoms with Crippen molar-refractivity contribution in [3.63, 3.8) is 0 Å². The third-order valence-corrected chi connectivity index (χ3v) is 11.2. The first kappa shape index (κ1) is 34.1. The highest BCUT2D eigenvalue weighted by Crippen LogP contribution is 2.42. The maximum Gasteiger partial charge on any atom is 0.410 e. The summed E-state index contributed by atoms with van der Waals surface area (Å²) in [5.41, 5.74) is 1.98. The number of ether oxygens (including phenoxy) is 4. The summed E-state index contributed by atoms with van der Waals surface area (Å²) in [5.74, 6) is 0.697. The lowest BCUT2D eigenvalue weighted by molar-refractivity contribution is 0.0122. The van der Waals surface area contributed by atoms with Crippen LogP contribution in [0.3, 0.4) is 0 Å². The van der Waals surface area contributed by atoms with Crippen LogP contribution in [-0.2, 0) is 9.47 Å². The SMILES string of the molecule is COCOc1cc(-c2cnc3c(N4C[C@H]5CC[C@@H](C4)N5C(=O)OC(C)(C)C)nc(OCC45CCCN4CCC5)nc3c2)c2c(Cl)c(F)ccc2c1. The largest absolute Gasteiger partial charge is 0.468 e. The number of pyridine rings is 1. The summed E-state index contributed by atoms with van der Waals surface area (Å²) in [7, 11) is 1.55. The second kappa shape index (κ2) is 13.2. The first-order valence-corrected chi connectivity index (χ1v) is 18.3. The standard InChI is InChI=1S/C38H44ClFN6O5/c1-37(2,3)51-36(47)46-25-8-9-26(46)20-44(19-25)34-33-30(42-35(43-34)49-21-38-11-5-13-45(38)14-6-12-38)16-24(18-41-33)28-17-27(50-22-48-4)15-23-7-10-29(40)32(39)31(23)28/h7,10,15-18,25-26H,5-6,8-9,11-14,19-22H2,1-4H3/t25-,26+. The van der Waals surface area contributed by atoms with Gasteiger partial charge in [-0.25, -0.2) is 9.18 Å². The van der Waals surface area contributed by atoms with E-state index in [1.54, 1.807) is 19.4 Å². The lowest BCUT2D eigenvalue weighted by Gasteiger charge is -2.41. The lowest BCUT2D eigenvalue weighted by atomic mass is 9.95. The monoisotopic (exact) mass is 718 g/mol. The summed E-state index contributed by atoms with van der Waals surface area (Å²) in [6.45, 7) is 9.60. The van der Waals surface area contributed by atoms with Crippen molar-refractivity contribution >= 4 is 45.3 Å². The molecule has 4 fully saturated rings. The molecule has 4 aliphatic heterocycles. The molecule has 0 saturated carbocycles. The second-order valence-electron chi connectivity index (χ2n) is 15.3. The quantitative estimate of drug-likeness (QED) is 0.174. The van der Waals surface area contributed by atoms with Crippen LogP contribution in [0.25, 0.3) is 32.9 Å². The van der Waals surface area contributed by atoms with Crippen LogP contribution in [0.15, 0.2) is 36.5 Å². The smallest absolute Gasteiger partial charge is 0.410 e. The van der Waals surface area contributed by atoms with Crippen LogP contribution >= 0.6 is 11.6 Å². The maximum absolute atomic E-state index is 14.9. The molecule has 0 spiro atoms. The Balaban J connectivity index is 1.20. The second-order valence-corrected chi connectivity index (χ2v) is 15.7. The zero-order valence-electron chi connectivity index (χ0n) is 29.6. The molecule has 0 aliphatic carbocycles. The van der Waals surface area contributed by atoms with Crippen molar-refractivity contribution < 1.29 is 28.1 Å². The van der Waals surface area contributed by atoms with Crippen molar-refractivity contribution in [1.29, 1.82) is 0 Å². The number of carbonyl (C=O) groups is 1. The Morgan fingerprint density at radius 3 is 2.49 bits per heavy atom. The summed E-state index contributed by atoms with van der Waals surface area (Å²) >= 11 is 6.60. The molecule has 8 rings (SSSR count). The summed E-state index contributed by atoms with van der Waals surface area (Å²) in [4.78, 5) is 34.8. The topological polar surface area (TPSA) is 102 Å². The molecular formula is C38H44ClFN6O5. The molecule has 4 aliphatic rings. The Bertz CT molecular complexity index is 1970. The number of fused-ring (bicyclic) bond motifs is 5. The number of amides is 1. The van der Waals surface area contributed by atoms with Gasteiger partial charge in [-0.2, -0.15) is 9.97 Å². The molecule has 0 N–H and O–H groups in total. The summed E-state index contributed by atoms with van der Waals surface area (Å²) < 4.78 is 38.1. The number of nitrogens with zero attached hydrogens (tertiary/aromatic N) is 6. The van der Waals surface area contributed by atoms with E-state index in [0.29, 0.717) is 64.2 Å². The van der Waals surface area contributed by atoms with E-state index < -0.39 is 11.4 Å². The average Bonchev–Trinajstić information content (AvgIpc) is 3.77. The first-order valence-electron chi connectivity index (χ1n) is 17.9. The number of hydrogen-bond donors (Lipinski definition) is 0. The number of methoxy groups -OCH3 is 1. The summed E-state index contributed by atoms with van der Waals surface area (Å²) in [6, 6.07) is 8.84. The number of hydrogen-bond acceptors (Lipinski definition) is 10. The van der Waals surface area contributed by atoms with Gasteiger partial charge in [0.05, 0.1) is 28.2 Å². The van der Waals surface area contributed by atoms with Gasteiger partial charge < -0.3 is 23.8 Å². The normalized spacial score (nSPS) is 21.5. The van der Waals surface area contributed by atoms with Crippen LogP contribution in [0.5, 0.6) is 11.8 Å². The summed E-state index contributed by atoms with van der Waals surface area (Å²) in [6.07, 6.45) is 7.76. The van der Waals surface area contributed by atoms with E-state index in [9.17, 15) is 9.18 Å². The van der Waals surface area contributed by atoms with Crippen LogP contribution in [0, 0.1) is 5.82 Å². The average molecular weight is 719 g/mol. The number of rotatable bonds is 8. The third-order valence-electron chi connectivity index (χ3n) is 10.8. The van der Waals surface area contributed by atoms with Gasteiger partial charge in [0.1, 0.15) is 29.3 Å². The highest BCUT2D eigenvalue weighted by atomic mass is 35.5. The molecule has 2 bridgehead atoms. The van der Waals surface area contributed by atoms with Gasteiger partial charge in [0, 0.05) is 37.3 Å². The number of aromatic nitrogens is 3. The van der Waals surface area contributed by atoms with Crippen LogP contribution in [0.1, 0.15) is 59.3 Å². The van der Waals surface area contributed by atoms with Crippen LogP contribution in [0.4, 0.5) is 15.0 Å². The van der Waals surface area contributed by atoms with Crippen LogP contribution in [0.2, 0.25) is 5.02 Å². The van der Waals surface area contributed by atoms with Crippen LogP contribution < -0.4 is 14.4 Å². The first-order chi connectivity index (χ1) is 24.5. The minimum Gasteiger partial charge on any atom is -0.468 e. The molecule has 270 valence electrons. The van der Waals surface area contributed by atoms with Crippen molar-refractivity contribution in [1.82, 2.24) is 24.8 Å². The predicted octanol–water partition coefficient (Wildman–Crippen LogP) is 7.22. The fourth-order valence-electron chi connectivity index (χ4n) is 8.57. The van der Waals surface area contributed by atoms with Gasteiger partial charge in [-0.15, -0.1) is 0 Å². The van der Waals surface area contributed by atoms with Crippen molar-refractivity contribution in [2.24, 2.45) is 0 Å². The third kappa shape index (κ3) is 6.40. The molecule has 11 nitrogen and oxygen atoms in total. The molecule has 2 aromatic heterocycles. The van der Waals surface area contributed by atoms with E-state index in [2.05, 4.69) is 9.80 Å². The van der Waals surface area contributed by atoms with Gasteiger partial charge in [-0.3, -0.25) is 14.8 Å². The number of piperazine rings is 1. The minimum absolute atomic E-state index is 0.0130. The summed E-state index contributed by atoms with van der Waals surface area (Å²) in [5, 5.41) is 1.28. The van der Waals surface area contributed by atoms with E-state index in [0.717, 1.165) is 51.6 Å². The molecule has 4 aromatic rings. The highest BCUT2D eigenvalue weighted by Gasteiger charge is 2.46. The Morgan fingerprint density at radius 2 is 1.78 bits per heavy atom. The van der Waals surface area contributed by atoms with Gasteiger partial charge in [0.2, 0.25) is 0 Å². The predicted molar refractivity (Wildman–Crippen MR) is 193 cm³/mol. The lowest BCUT2D eigenvalue weighted by Crippen LogP contribution is -2.57. The fraction of sp³-hybridized carbons (Fsp3) is 0.526. The van der Waals surface area contributed by atoms with E-state index in [1.165, 1.54) is 6.07 Å². The Labute approximate surface area is 302 Å². The number of benzene rings is 2. The van der Waals surface area contributed by atoms with Crippen molar-refractivity contribution in [3.05, 3.63) is 47.4 Å². The molecule has 0 radical (unpaired) electrons. The number of carbonyl (C=O) groups excluding carboxylic acids is 1. The van der Waals surface area contributed by atoms with Crippen molar-refractivity contribution in [3.8, 4) is 22.9 Å². The van der Waals surface area contributed by atoms with Gasteiger partial charge >= 0.3 is 12.1 Å². The minimum atomic E-state index is -0.575. The zero-order valence-corrected chi connectivity index (χ0v) is 30.3. The molecular weight excluding hydrogens is 675 g/mol. The van der Waals surface area contributed by atoms with Crippen molar-refractivity contribution in [2.75, 3.05) is 51.6 Å². The van der Waals surface area contributed by atoms with Gasteiger partial charge in [0.25, 0.3) is 0 Å². The Kier molecular flexibility index (Phi) is 8.83.